The Hall–Kier alpha value is -2.35. The van der Waals surface area contributed by atoms with Crippen LogP contribution in [0.25, 0.3) is 11.5 Å². The summed E-state index contributed by atoms with van der Waals surface area (Å²) in [4.78, 5) is 9.01. The van der Waals surface area contributed by atoms with Crippen molar-refractivity contribution in [1.82, 2.24) is 25.3 Å². The Morgan fingerprint density at radius 2 is 2.00 bits per heavy atom. The van der Waals surface area contributed by atoms with E-state index in [1.807, 2.05) is 24.3 Å². The summed E-state index contributed by atoms with van der Waals surface area (Å²) in [5, 5.41) is 12.1. The van der Waals surface area contributed by atoms with E-state index in [-0.39, 0.29) is 0 Å². The third-order valence-electron chi connectivity index (χ3n) is 4.91. The highest BCUT2D eigenvalue weighted by molar-refractivity contribution is 7.98. The lowest BCUT2D eigenvalue weighted by Gasteiger charge is -2.05. The maximum atomic E-state index is 5.35. The summed E-state index contributed by atoms with van der Waals surface area (Å²) in [6, 6.07) is 7.54. The number of nitrogens with zero attached hydrogens (tertiary/aromatic N) is 4. The zero-order valence-electron chi connectivity index (χ0n) is 15.4. The monoisotopic (exact) mass is 385 g/mol. The van der Waals surface area contributed by atoms with Crippen LogP contribution in [0.5, 0.6) is 5.75 Å². The second-order valence-corrected chi connectivity index (χ2v) is 7.73. The molecule has 1 aromatic carbocycles. The molecule has 0 unspecified atom stereocenters. The van der Waals surface area contributed by atoms with Gasteiger partial charge in [-0.2, -0.15) is 4.98 Å². The number of H-pyrrole nitrogens is 1. The number of aromatic amines is 1. The van der Waals surface area contributed by atoms with Crippen molar-refractivity contribution in [3.05, 3.63) is 35.9 Å². The van der Waals surface area contributed by atoms with Crippen molar-refractivity contribution < 1.29 is 9.26 Å². The number of aryl methyl sites for hydroxylation is 1. The molecule has 0 saturated heterocycles. The summed E-state index contributed by atoms with van der Waals surface area (Å²) in [6.07, 6.45) is 7.67. The van der Waals surface area contributed by atoms with Gasteiger partial charge in [-0.15, -0.1) is 5.10 Å². The van der Waals surface area contributed by atoms with Crippen LogP contribution in [0.2, 0.25) is 0 Å². The lowest BCUT2D eigenvalue weighted by atomic mass is 10.0. The molecular weight excluding hydrogens is 362 g/mol. The van der Waals surface area contributed by atoms with Gasteiger partial charge in [-0.1, -0.05) is 42.6 Å². The van der Waals surface area contributed by atoms with Gasteiger partial charge in [0, 0.05) is 12.0 Å². The van der Waals surface area contributed by atoms with E-state index in [9.17, 15) is 0 Å². The van der Waals surface area contributed by atoms with E-state index in [2.05, 4.69) is 25.3 Å². The lowest BCUT2D eigenvalue weighted by molar-refractivity contribution is 0.414. The Labute approximate surface area is 162 Å². The van der Waals surface area contributed by atoms with Crippen LogP contribution in [-0.2, 0) is 12.2 Å². The number of thioether (sulfide) groups is 1. The van der Waals surface area contributed by atoms with Crippen molar-refractivity contribution in [2.45, 2.75) is 49.4 Å². The standard InChI is InChI=1S/C19H23N5O2S/c1-25-15-9-7-14(8-10-15)18-20-17(24-26-18)12-27-19-21-16(22-23-19)11-6-13-4-2-3-5-13/h7-10,13H,2-6,11-12H2,1H3,(H,21,22,23). The first-order valence-corrected chi connectivity index (χ1v) is 10.3. The van der Waals surface area contributed by atoms with E-state index in [0.29, 0.717) is 17.5 Å². The van der Waals surface area contributed by atoms with Crippen LogP contribution < -0.4 is 4.74 Å². The minimum Gasteiger partial charge on any atom is -0.497 e. The predicted octanol–water partition coefficient (Wildman–Crippen LogP) is 4.28. The number of rotatable bonds is 8. The third kappa shape index (κ3) is 4.68. The highest BCUT2D eigenvalue weighted by atomic mass is 32.2. The van der Waals surface area contributed by atoms with E-state index in [1.165, 1.54) is 43.9 Å². The van der Waals surface area contributed by atoms with Crippen LogP contribution in [0, 0.1) is 5.92 Å². The number of nitrogens with one attached hydrogen (secondary N) is 1. The van der Waals surface area contributed by atoms with Crippen molar-refractivity contribution in [3.8, 4) is 17.2 Å². The molecule has 0 amide bonds. The molecule has 2 aromatic heterocycles. The van der Waals surface area contributed by atoms with Gasteiger partial charge in [0.15, 0.2) is 5.82 Å². The summed E-state index contributed by atoms with van der Waals surface area (Å²) in [5.41, 5.74) is 0.867. The van der Waals surface area contributed by atoms with Crippen LogP contribution in [0.1, 0.15) is 43.8 Å². The van der Waals surface area contributed by atoms with Crippen LogP contribution in [0.4, 0.5) is 0 Å². The molecule has 1 aliphatic rings. The average molecular weight is 385 g/mol. The van der Waals surface area contributed by atoms with Crippen molar-refractivity contribution in [3.63, 3.8) is 0 Å². The molecule has 0 aliphatic heterocycles. The second-order valence-electron chi connectivity index (χ2n) is 6.79. The van der Waals surface area contributed by atoms with Gasteiger partial charge in [0.05, 0.1) is 12.9 Å². The van der Waals surface area contributed by atoms with Gasteiger partial charge in [-0.25, -0.2) is 4.98 Å². The molecule has 27 heavy (non-hydrogen) atoms. The molecule has 2 heterocycles. The van der Waals surface area contributed by atoms with Gasteiger partial charge in [0.25, 0.3) is 5.89 Å². The first-order valence-electron chi connectivity index (χ1n) is 9.31. The fourth-order valence-electron chi connectivity index (χ4n) is 3.39. The van der Waals surface area contributed by atoms with Crippen LogP contribution in [-0.4, -0.2) is 32.4 Å². The minimum atomic E-state index is 0.500. The molecule has 8 heteroatoms. The van der Waals surface area contributed by atoms with Gasteiger partial charge >= 0.3 is 0 Å². The maximum absolute atomic E-state index is 5.35. The molecule has 142 valence electrons. The van der Waals surface area contributed by atoms with Crippen molar-refractivity contribution in [2.75, 3.05) is 7.11 Å². The maximum Gasteiger partial charge on any atom is 0.257 e. The van der Waals surface area contributed by atoms with E-state index in [1.54, 1.807) is 7.11 Å². The minimum absolute atomic E-state index is 0.500. The topological polar surface area (TPSA) is 89.7 Å². The van der Waals surface area contributed by atoms with E-state index < -0.39 is 0 Å². The number of hydrogen-bond donors (Lipinski definition) is 1. The molecule has 0 bridgehead atoms. The molecule has 4 rings (SSSR count). The number of hydrogen-bond acceptors (Lipinski definition) is 7. The highest BCUT2D eigenvalue weighted by Crippen LogP contribution is 2.28. The van der Waals surface area contributed by atoms with Crippen LogP contribution in [0.15, 0.2) is 33.9 Å². The lowest BCUT2D eigenvalue weighted by Crippen LogP contribution is -1.97. The number of benzene rings is 1. The molecule has 0 spiro atoms. The molecule has 7 nitrogen and oxygen atoms in total. The first kappa shape index (κ1) is 18.0. The predicted molar refractivity (Wildman–Crippen MR) is 103 cm³/mol. The Bertz CT molecular complexity index is 855. The highest BCUT2D eigenvalue weighted by Gasteiger charge is 2.16. The Balaban J connectivity index is 1.29. The van der Waals surface area contributed by atoms with E-state index in [4.69, 9.17) is 9.26 Å². The zero-order chi connectivity index (χ0) is 18.5. The van der Waals surface area contributed by atoms with Gasteiger partial charge in [-0.05, 0) is 36.6 Å². The molecule has 0 radical (unpaired) electrons. The second kappa shape index (κ2) is 8.56. The molecular formula is C19H23N5O2S. The Morgan fingerprint density at radius 3 is 2.78 bits per heavy atom. The van der Waals surface area contributed by atoms with Gasteiger partial charge in [0.1, 0.15) is 11.6 Å². The van der Waals surface area contributed by atoms with Gasteiger partial charge in [-0.3, -0.25) is 5.10 Å². The number of ether oxygens (including phenoxy) is 1. The Kier molecular flexibility index (Phi) is 5.72. The van der Waals surface area contributed by atoms with E-state index in [0.717, 1.165) is 34.6 Å². The molecule has 1 aliphatic carbocycles. The largest absolute Gasteiger partial charge is 0.497 e. The summed E-state index contributed by atoms with van der Waals surface area (Å²) in [7, 11) is 1.64. The first-order chi connectivity index (χ1) is 13.3. The summed E-state index contributed by atoms with van der Waals surface area (Å²) >= 11 is 1.51. The molecule has 0 atom stereocenters. The molecule has 1 N–H and O–H groups in total. The van der Waals surface area contributed by atoms with Crippen molar-refractivity contribution >= 4 is 11.8 Å². The van der Waals surface area contributed by atoms with E-state index >= 15 is 0 Å². The fraction of sp³-hybridized carbons (Fsp3) is 0.474. The zero-order valence-corrected chi connectivity index (χ0v) is 16.2. The smallest absolute Gasteiger partial charge is 0.257 e. The fourth-order valence-corrected chi connectivity index (χ4v) is 4.05. The molecule has 1 saturated carbocycles. The van der Waals surface area contributed by atoms with Crippen molar-refractivity contribution in [1.29, 1.82) is 0 Å². The van der Waals surface area contributed by atoms with Gasteiger partial charge < -0.3 is 9.26 Å². The average Bonchev–Trinajstić information content (AvgIpc) is 3.47. The normalized spacial score (nSPS) is 14.7. The van der Waals surface area contributed by atoms with Crippen LogP contribution >= 0.6 is 11.8 Å². The van der Waals surface area contributed by atoms with Crippen LogP contribution in [0.3, 0.4) is 0 Å². The Morgan fingerprint density at radius 1 is 1.19 bits per heavy atom. The van der Waals surface area contributed by atoms with Crippen molar-refractivity contribution in [2.24, 2.45) is 5.92 Å². The summed E-state index contributed by atoms with van der Waals surface area (Å²) in [5.74, 6) is 4.32. The molecule has 1 fully saturated rings. The number of methoxy groups -OCH3 is 1. The third-order valence-corrected chi connectivity index (χ3v) is 5.75. The number of aromatic nitrogens is 5. The summed E-state index contributed by atoms with van der Waals surface area (Å²) < 4.78 is 10.5. The van der Waals surface area contributed by atoms with Gasteiger partial charge in [0.2, 0.25) is 5.16 Å². The SMILES string of the molecule is COc1ccc(-c2nc(CSc3n[nH]c(CCC4CCCC4)n3)no2)cc1. The summed E-state index contributed by atoms with van der Waals surface area (Å²) in [6.45, 7) is 0. The quantitative estimate of drug-likeness (QED) is 0.579. The molecule has 3 aromatic rings.